The third kappa shape index (κ3) is 2.80. The zero-order valence-corrected chi connectivity index (χ0v) is 12.0. The summed E-state index contributed by atoms with van der Waals surface area (Å²) in [6.07, 6.45) is 6.20. The van der Waals surface area contributed by atoms with Crippen LogP contribution >= 0.6 is 0 Å². The molecular weight excluding hydrogens is 196 g/mol. The van der Waals surface area contributed by atoms with Crippen LogP contribution in [0, 0.1) is 17.3 Å². The van der Waals surface area contributed by atoms with Gasteiger partial charge in [0.1, 0.15) is 0 Å². The minimum absolute atomic E-state index is 0.447. The Hall–Kier alpha value is -0.0400. The van der Waals surface area contributed by atoms with E-state index >= 15 is 0 Å². The van der Waals surface area contributed by atoms with Crippen LogP contribution in [0.3, 0.4) is 0 Å². The van der Waals surface area contributed by atoms with Crippen molar-refractivity contribution in [3.05, 3.63) is 0 Å². The molecule has 1 saturated heterocycles. The molecule has 0 aromatic carbocycles. The second kappa shape index (κ2) is 5.53. The lowest BCUT2D eigenvalue weighted by molar-refractivity contribution is 0.123. The van der Waals surface area contributed by atoms with Gasteiger partial charge in [-0.05, 0) is 43.4 Å². The summed E-state index contributed by atoms with van der Waals surface area (Å²) in [5, 5.41) is 0. The highest BCUT2D eigenvalue weighted by Gasteiger charge is 2.50. The minimum atomic E-state index is 0.447. The highest BCUT2D eigenvalue weighted by Crippen LogP contribution is 2.48. The molecule has 0 bridgehead atoms. The smallest absolute Gasteiger partial charge is 0.0894 e. The lowest BCUT2D eigenvalue weighted by Gasteiger charge is -2.35. The first-order valence-electron chi connectivity index (χ1n) is 7.16. The van der Waals surface area contributed by atoms with E-state index in [0.29, 0.717) is 17.6 Å². The van der Waals surface area contributed by atoms with Crippen LogP contribution in [0.5, 0.6) is 0 Å². The van der Waals surface area contributed by atoms with Gasteiger partial charge in [0.25, 0.3) is 0 Å². The van der Waals surface area contributed by atoms with Gasteiger partial charge in [-0.3, -0.25) is 0 Å². The van der Waals surface area contributed by atoms with Crippen LogP contribution in [0.25, 0.3) is 0 Å². The topological polar surface area (TPSA) is 12.5 Å². The molecule has 1 fully saturated rings. The molecule has 4 unspecified atom stereocenters. The van der Waals surface area contributed by atoms with Gasteiger partial charge in [-0.2, -0.15) is 0 Å². The van der Waals surface area contributed by atoms with Crippen molar-refractivity contribution in [2.24, 2.45) is 17.3 Å². The molecule has 0 aliphatic carbocycles. The van der Waals surface area contributed by atoms with Crippen LogP contribution in [0.2, 0.25) is 0 Å². The fraction of sp³-hybridized carbons (Fsp3) is 1.00. The minimum Gasteiger partial charge on any atom is -0.369 e. The van der Waals surface area contributed by atoms with Gasteiger partial charge in [-0.25, -0.2) is 0 Å². The summed E-state index contributed by atoms with van der Waals surface area (Å²) in [5.74, 6) is 1.66. The zero-order chi connectivity index (χ0) is 12.3. The SMILES string of the molecule is CCC(C)C(C)CC(CC)(CC)C1OC1C. The van der Waals surface area contributed by atoms with Crippen molar-refractivity contribution in [3.63, 3.8) is 0 Å². The summed E-state index contributed by atoms with van der Waals surface area (Å²) < 4.78 is 5.78. The highest BCUT2D eigenvalue weighted by atomic mass is 16.6. The van der Waals surface area contributed by atoms with Crippen molar-refractivity contribution in [2.75, 3.05) is 0 Å². The Kier molecular flexibility index (Phi) is 4.85. The van der Waals surface area contributed by atoms with E-state index in [2.05, 4.69) is 41.5 Å². The van der Waals surface area contributed by atoms with E-state index in [1.54, 1.807) is 0 Å². The van der Waals surface area contributed by atoms with Gasteiger partial charge in [0.2, 0.25) is 0 Å². The van der Waals surface area contributed by atoms with Gasteiger partial charge < -0.3 is 4.74 Å². The second-order valence-electron chi connectivity index (χ2n) is 5.90. The van der Waals surface area contributed by atoms with Crippen molar-refractivity contribution in [1.29, 1.82) is 0 Å². The third-order valence-corrected chi connectivity index (χ3v) is 5.07. The van der Waals surface area contributed by atoms with Gasteiger partial charge in [-0.15, -0.1) is 0 Å². The van der Waals surface area contributed by atoms with E-state index in [0.717, 1.165) is 11.8 Å². The fourth-order valence-electron chi connectivity index (χ4n) is 3.13. The molecule has 1 aliphatic rings. The maximum atomic E-state index is 5.78. The monoisotopic (exact) mass is 226 g/mol. The normalized spacial score (nSPS) is 28.9. The molecule has 0 aromatic rings. The molecule has 96 valence electrons. The molecular formula is C15H30O. The molecule has 1 aliphatic heterocycles. The number of hydrogen-bond donors (Lipinski definition) is 0. The van der Waals surface area contributed by atoms with Crippen LogP contribution in [0.1, 0.15) is 67.2 Å². The quantitative estimate of drug-likeness (QED) is 0.576. The Labute approximate surface area is 102 Å². The summed E-state index contributed by atoms with van der Waals surface area (Å²) in [5.41, 5.74) is 0.447. The molecule has 0 saturated carbocycles. The summed E-state index contributed by atoms with van der Waals surface area (Å²) in [7, 11) is 0. The average Bonchev–Trinajstić information content (AvgIpc) is 3.02. The van der Waals surface area contributed by atoms with E-state index in [1.165, 1.54) is 25.7 Å². The second-order valence-corrected chi connectivity index (χ2v) is 5.90. The largest absolute Gasteiger partial charge is 0.369 e. The summed E-state index contributed by atoms with van der Waals surface area (Å²) >= 11 is 0. The van der Waals surface area contributed by atoms with Crippen molar-refractivity contribution < 1.29 is 4.74 Å². The summed E-state index contributed by atoms with van der Waals surface area (Å²) in [6, 6.07) is 0. The van der Waals surface area contributed by atoms with E-state index in [4.69, 9.17) is 4.74 Å². The van der Waals surface area contributed by atoms with Crippen LogP contribution < -0.4 is 0 Å². The maximum absolute atomic E-state index is 5.78. The van der Waals surface area contributed by atoms with Gasteiger partial charge in [-0.1, -0.05) is 41.0 Å². The Morgan fingerprint density at radius 1 is 1.06 bits per heavy atom. The number of ether oxygens (including phenoxy) is 1. The Morgan fingerprint density at radius 2 is 1.56 bits per heavy atom. The standard InChI is InChI=1S/C15H30O/c1-7-11(4)12(5)10-15(8-2,9-3)14-13(6)16-14/h11-14H,7-10H2,1-6H3. The summed E-state index contributed by atoms with van der Waals surface area (Å²) in [6.45, 7) is 14.0. The lowest BCUT2D eigenvalue weighted by Crippen LogP contribution is -2.31. The molecule has 0 amide bonds. The van der Waals surface area contributed by atoms with Crippen molar-refractivity contribution in [2.45, 2.75) is 79.4 Å². The van der Waals surface area contributed by atoms with Gasteiger partial charge >= 0.3 is 0 Å². The number of hydrogen-bond acceptors (Lipinski definition) is 1. The first-order chi connectivity index (χ1) is 7.50. The van der Waals surface area contributed by atoms with Crippen molar-refractivity contribution in [1.82, 2.24) is 0 Å². The van der Waals surface area contributed by atoms with Crippen LogP contribution in [-0.2, 0) is 4.74 Å². The molecule has 16 heavy (non-hydrogen) atoms. The van der Waals surface area contributed by atoms with Gasteiger partial charge in [0, 0.05) is 0 Å². The number of rotatable bonds is 7. The third-order valence-electron chi connectivity index (χ3n) is 5.07. The van der Waals surface area contributed by atoms with E-state index in [9.17, 15) is 0 Å². The lowest BCUT2D eigenvalue weighted by atomic mass is 9.69. The van der Waals surface area contributed by atoms with Crippen LogP contribution in [0.4, 0.5) is 0 Å². The van der Waals surface area contributed by atoms with E-state index in [1.807, 2.05) is 0 Å². The predicted molar refractivity (Wildman–Crippen MR) is 70.6 cm³/mol. The molecule has 4 atom stereocenters. The molecule has 1 heterocycles. The van der Waals surface area contributed by atoms with Gasteiger partial charge in [0.15, 0.2) is 0 Å². The molecule has 1 heteroatoms. The predicted octanol–water partition coefficient (Wildman–Crippen LogP) is 4.65. The molecule has 1 nitrogen and oxygen atoms in total. The van der Waals surface area contributed by atoms with Crippen molar-refractivity contribution in [3.8, 4) is 0 Å². The fourth-order valence-corrected chi connectivity index (χ4v) is 3.13. The average molecular weight is 226 g/mol. The first kappa shape index (κ1) is 14.0. The molecule has 0 radical (unpaired) electrons. The number of epoxide rings is 1. The molecule has 0 aromatic heterocycles. The zero-order valence-electron chi connectivity index (χ0n) is 12.0. The summed E-state index contributed by atoms with van der Waals surface area (Å²) in [4.78, 5) is 0. The van der Waals surface area contributed by atoms with Gasteiger partial charge in [0.05, 0.1) is 12.2 Å². The van der Waals surface area contributed by atoms with Crippen LogP contribution in [-0.4, -0.2) is 12.2 Å². The molecule has 0 N–H and O–H groups in total. The van der Waals surface area contributed by atoms with Crippen LogP contribution in [0.15, 0.2) is 0 Å². The molecule has 0 spiro atoms. The molecule has 1 rings (SSSR count). The maximum Gasteiger partial charge on any atom is 0.0894 e. The highest BCUT2D eigenvalue weighted by molar-refractivity contribution is 4.98. The van der Waals surface area contributed by atoms with Crippen molar-refractivity contribution >= 4 is 0 Å². The Morgan fingerprint density at radius 3 is 1.88 bits per heavy atom. The van der Waals surface area contributed by atoms with E-state index in [-0.39, 0.29) is 0 Å². The Bertz CT molecular complexity index is 207. The van der Waals surface area contributed by atoms with E-state index < -0.39 is 0 Å². The Balaban J connectivity index is 2.63. The first-order valence-corrected chi connectivity index (χ1v) is 7.16.